The number of Topliss-reactive ketones (excluding diaryl/α,β-unsaturated/α-hetero) is 1. The fourth-order valence-corrected chi connectivity index (χ4v) is 2.71. The molecule has 0 aliphatic carbocycles. The van der Waals surface area contributed by atoms with Gasteiger partial charge in [-0.2, -0.15) is 0 Å². The zero-order valence-corrected chi connectivity index (χ0v) is 16.8. The molecule has 2 heterocycles. The van der Waals surface area contributed by atoms with E-state index in [-0.39, 0.29) is 18.8 Å². The Morgan fingerprint density at radius 2 is 1.12 bits per heavy atom. The average Bonchev–Trinajstić information content (AvgIpc) is 2.54. The Morgan fingerprint density at radius 1 is 0.760 bits per heavy atom. The first kappa shape index (κ1) is 24.3. The first-order valence-corrected chi connectivity index (χ1v) is 8.90. The van der Waals surface area contributed by atoms with Crippen LogP contribution in [0.2, 0.25) is 0 Å². The molecular weight excluding hydrogens is 344 g/mol. The molecular formula is C17H35ClN4O3. The normalized spacial score (nSPS) is 20.3. The van der Waals surface area contributed by atoms with Gasteiger partial charge in [0.2, 0.25) is 0 Å². The van der Waals surface area contributed by atoms with Crippen LogP contribution in [0.1, 0.15) is 19.8 Å². The van der Waals surface area contributed by atoms with Crippen LogP contribution in [0.4, 0.5) is 0 Å². The van der Waals surface area contributed by atoms with Crippen molar-refractivity contribution in [2.24, 2.45) is 0 Å². The third kappa shape index (κ3) is 12.3. The van der Waals surface area contributed by atoms with E-state index in [0.29, 0.717) is 18.7 Å². The molecule has 7 nitrogen and oxygen atoms in total. The van der Waals surface area contributed by atoms with E-state index in [2.05, 4.69) is 33.7 Å². The summed E-state index contributed by atoms with van der Waals surface area (Å²) in [5.41, 5.74) is 0. The van der Waals surface area contributed by atoms with E-state index in [1.54, 1.807) is 6.92 Å². The van der Waals surface area contributed by atoms with Crippen molar-refractivity contribution < 1.29 is 14.7 Å². The van der Waals surface area contributed by atoms with Gasteiger partial charge in [-0.1, -0.05) is 0 Å². The van der Waals surface area contributed by atoms with Crippen LogP contribution in [-0.4, -0.2) is 116 Å². The zero-order valence-electron chi connectivity index (χ0n) is 15.9. The van der Waals surface area contributed by atoms with Crippen molar-refractivity contribution in [3.05, 3.63) is 0 Å². The van der Waals surface area contributed by atoms with E-state index in [1.807, 2.05) is 0 Å². The molecule has 0 spiro atoms. The molecule has 2 aliphatic rings. The van der Waals surface area contributed by atoms with Crippen molar-refractivity contribution in [2.45, 2.75) is 19.8 Å². The number of ketones is 1. The van der Waals surface area contributed by atoms with Crippen molar-refractivity contribution in [3.8, 4) is 0 Å². The predicted molar refractivity (Wildman–Crippen MR) is 103 cm³/mol. The molecule has 2 aliphatic heterocycles. The molecule has 0 aromatic carbocycles. The van der Waals surface area contributed by atoms with Gasteiger partial charge in [-0.3, -0.25) is 9.59 Å². The van der Waals surface area contributed by atoms with Gasteiger partial charge in [0.05, 0.1) is 6.42 Å². The molecule has 0 atom stereocenters. The highest BCUT2D eigenvalue weighted by molar-refractivity contribution is 5.85. The number of aliphatic carboxylic acids is 1. The predicted octanol–water partition coefficient (Wildman–Crippen LogP) is 0.343. The summed E-state index contributed by atoms with van der Waals surface area (Å²) in [6.45, 7) is 11.9. The number of nitrogens with zero attached hydrogens (tertiary/aromatic N) is 4. The number of hydrogen-bond acceptors (Lipinski definition) is 6. The van der Waals surface area contributed by atoms with Crippen LogP contribution >= 0.6 is 12.4 Å². The lowest BCUT2D eigenvalue weighted by molar-refractivity contribution is -0.137. The molecule has 2 rings (SSSR count). The minimum atomic E-state index is -0.700. The third-order valence-electron chi connectivity index (χ3n) is 4.61. The number of carboxylic acids is 1. The van der Waals surface area contributed by atoms with Gasteiger partial charge >= 0.3 is 5.97 Å². The lowest BCUT2D eigenvalue weighted by atomic mass is 10.2. The van der Waals surface area contributed by atoms with Crippen LogP contribution in [0, 0.1) is 0 Å². The number of hydrogen-bond donors (Lipinski definition) is 1. The fraction of sp³-hybridized carbons (Fsp3) is 0.882. The number of halogens is 1. The van der Waals surface area contributed by atoms with Gasteiger partial charge in [-0.25, -0.2) is 0 Å². The smallest absolute Gasteiger partial charge is 0.304 e. The Morgan fingerprint density at radius 3 is 1.44 bits per heavy atom. The van der Waals surface area contributed by atoms with Gasteiger partial charge in [0.25, 0.3) is 0 Å². The summed E-state index contributed by atoms with van der Waals surface area (Å²) >= 11 is 0. The summed E-state index contributed by atoms with van der Waals surface area (Å²) in [6.07, 6.45) is 0.980. The van der Waals surface area contributed by atoms with E-state index < -0.39 is 5.97 Å². The summed E-state index contributed by atoms with van der Waals surface area (Å²) < 4.78 is 0. The van der Waals surface area contributed by atoms with Crippen molar-refractivity contribution in [3.63, 3.8) is 0 Å². The number of carboxylic acid groups (broad SMARTS) is 1. The highest BCUT2D eigenvalue weighted by Crippen LogP contribution is 2.00. The van der Waals surface area contributed by atoms with Gasteiger partial charge in [-0.15, -0.1) is 12.4 Å². The molecule has 1 N–H and O–H groups in total. The monoisotopic (exact) mass is 378 g/mol. The summed E-state index contributed by atoms with van der Waals surface area (Å²) in [5, 5.41) is 8.46. The van der Waals surface area contributed by atoms with Crippen molar-refractivity contribution in [2.75, 3.05) is 79.5 Å². The van der Waals surface area contributed by atoms with Crippen LogP contribution in [0.3, 0.4) is 0 Å². The Balaban J connectivity index is 0.000000443. The Bertz CT molecular complexity index is 346. The maximum Gasteiger partial charge on any atom is 0.304 e. The summed E-state index contributed by atoms with van der Waals surface area (Å²) in [4.78, 5) is 30.1. The van der Waals surface area contributed by atoms with E-state index in [4.69, 9.17) is 5.11 Å². The van der Waals surface area contributed by atoms with Crippen LogP contribution in [0.5, 0.6) is 0 Å². The molecule has 8 heteroatoms. The Kier molecular flexibility index (Phi) is 13.1. The molecule has 2 saturated heterocycles. The maximum atomic E-state index is 10.7. The molecule has 0 bridgehead atoms. The van der Waals surface area contributed by atoms with Crippen LogP contribution in [0.25, 0.3) is 0 Å². The molecule has 0 aromatic rings. The van der Waals surface area contributed by atoms with Crippen molar-refractivity contribution >= 4 is 24.2 Å². The van der Waals surface area contributed by atoms with Crippen LogP contribution in [0.15, 0.2) is 0 Å². The van der Waals surface area contributed by atoms with Crippen molar-refractivity contribution in [1.82, 2.24) is 19.6 Å². The lowest BCUT2D eigenvalue weighted by Crippen LogP contribution is -2.44. The summed E-state index contributed by atoms with van der Waals surface area (Å²) in [5.74, 6) is -0.400. The molecule has 2 fully saturated rings. The Hall–Kier alpha value is -0.730. The van der Waals surface area contributed by atoms with E-state index in [9.17, 15) is 9.59 Å². The second kappa shape index (κ2) is 13.5. The van der Waals surface area contributed by atoms with Crippen LogP contribution < -0.4 is 0 Å². The minimum absolute atomic E-state index is 0. The van der Waals surface area contributed by atoms with Gasteiger partial charge in [-0.05, 0) is 21.0 Å². The molecule has 148 valence electrons. The molecule has 0 saturated carbocycles. The number of piperazine rings is 2. The lowest BCUT2D eigenvalue weighted by Gasteiger charge is -2.31. The number of carbonyl (C=O) groups is 2. The maximum absolute atomic E-state index is 10.7. The quantitative estimate of drug-likeness (QED) is 0.715. The SMILES string of the molecule is CC(=O)CCN1CCN(C)CC1.CN1CCN(CCC(=O)O)CC1.Cl. The van der Waals surface area contributed by atoms with Crippen molar-refractivity contribution in [1.29, 1.82) is 0 Å². The highest BCUT2D eigenvalue weighted by atomic mass is 35.5. The highest BCUT2D eigenvalue weighted by Gasteiger charge is 2.14. The van der Waals surface area contributed by atoms with Gasteiger partial charge < -0.3 is 24.7 Å². The molecule has 0 aromatic heterocycles. The topological polar surface area (TPSA) is 67.3 Å². The largest absolute Gasteiger partial charge is 0.481 e. The summed E-state index contributed by atoms with van der Waals surface area (Å²) in [7, 11) is 4.23. The molecule has 25 heavy (non-hydrogen) atoms. The standard InChI is InChI=1S/C9H18N2O.C8H16N2O2.ClH/c1-9(12)3-4-11-7-5-10(2)6-8-11;1-9-4-6-10(7-5-9)3-2-8(11)12;/h3-8H2,1-2H3;2-7H2,1H3,(H,11,12);1H. The Labute approximate surface area is 158 Å². The fourth-order valence-electron chi connectivity index (χ4n) is 2.71. The van der Waals surface area contributed by atoms with Gasteiger partial charge in [0, 0.05) is 71.9 Å². The van der Waals surface area contributed by atoms with E-state index >= 15 is 0 Å². The second-order valence-electron chi connectivity index (χ2n) is 6.89. The third-order valence-corrected chi connectivity index (χ3v) is 4.61. The minimum Gasteiger partial charge on any atom is -0.481 e. The number of rotatable bonds is 6. The summed E-state index contributed by atoms with van der Waals surface area (Å²) in [6, 6.07) is 0. The van der Waals surface area contributed by atoms with Crippen LogP contribution in [-0.2, 0) is 9.59 Å². The van der Waals surface area contributed by atoms with Gasteiger partial charge in [0.1, 0.15) is 5.78 Å². The number of carbonyl (C=O) groups excluding carboxylic acids is 1. The first-order valence-electron chi connectivity index (χ1n) is 8.90. The zero-order chi connectivity index (χ0) is 17.9. The number of likely N-dealkylation sites (N-methyl/N-ethyl adjacent to an activating group) is 2. The van der Waals surface area contributed by atoms with E-state index in [0.717, 1.165) is 58.9 Å². The first-order chi connectivity index (χ1) is 11.4. The molecule has 0 radical (unpaired) electrons. The van der Waals surface area contributed by atoms with E-state index in [1.165, 1.54) is 0 Å². The van der Waals surface area contributed by atoms with Gasteiger partial charge in [0.15, 0.2) is 0 Å². The molecule has 0 unspecified atom stereocenters. The average molecular weight is 379 g/mol. The molecule has 0 amide bonds. The second-order valence-corrected chi connectivity index (χ2v) is 6.89.